The highest BCUT2D eigenvalue weighted by Crippen LogP contribution is 2.29. The first kappa shape index (κ1) is 11.0. The highest BCUT2D eigenvalue weighted by Gasteiger charge is 2.21. The molecule has 0 aliphatic heterocycles. The fourth-order valence-corrected chi connectivity index (χ4v) is 1.92. The van der Waals surface area contributed by atoms with Gasteiger partial charge in [-0.3, -0.25) is 4.79 Å². The van der Waals surface area contributed by atoms with Crippen molar-refractivity contribution in [3.8, 4) is 0 Å². The lowest BCUT2D eigenvalue weighted by atomic mass is 9.82. The van der Waals surface area contributed by atoms with E-state index in [1.807, 2.05) is 0 Å². The predicted molar refractivity (Wildman–Crippen MR) is 48.7 cm³/mol. The van der Waals surface area contributed by atoms with Gasteiger partial charge in [0.2, 0.25) is 5.24 Å². The van der Waals surface area contributed by atoms with Gasteiger partial charge in [0.1, 0.15) is 0 Å². The van der Waals surface area contributed by atoms with E-state index in [0.29, 0.717) is 12.3 Å². The Bertz CT molecular complexity index is 138. The molecule has 0 aromatic heterocycles. The zero-order valence-electron chi connectivity index (χ0n) is 7.78. The van der Waals surface area contributed by atoms with E-state index in [0.717, 1.165) is 6.42 Å². The average Bonchev–Trinajstić information content (AvgIpc) is 1.53. The van der Waals surface area contributed by atoms with Gasteiger partial charge in [-0.25, -0.2) is 0 Å². The van der Waals surface area contributed by atoms with Gasteiger partial charge in [0.05, 0.1) is 0 Å². The van der Waals surface area contributed by atoms with Crippen molar-refractivity contribution in [2.75, 3.05) is 0 Å². The van der Waals surface area contributed by atoms with E-state index in [1.54, 1.807) is 0 Å². The second kappa shape index (κ2) is 4.10. The summed E-state index contributed by atoms with van der Waals surface area (Å²) >= 11 is 5.31. The number of halogens is 1. The summed E-state index contributed by atoms with van der Waals surface area (Å²) in [6.07, 6.45) is 1.53. The van der Waals surface area contributed by atoms with Gasteiger partial charge in [-0.15, -0.1) is 0 Å². The quantitative estimate of drug-likeness (QED) is 0.602. The van der Waals surface area contributed by atoms with E-state index in [9.17, 15) is 4.79 Å². The zero-order chi connectivity index (χ0) is 9.07. The second-order valence-corrected chi connectivity index (χ2v) is 4.72. The summed E-state index contributed by atoms with van der Waals surface area (Å²) < 4.78 is 0. The molecule has 66 valence electrons. The minimum Gasteiger partial charge on any atom is -0.281 e. The molecule has 0 atom stereocenters. The highest BCUT2D eigenvalue weighted by molar-refractivity contribution is 6.63. The standard InChI is InChI=1S/C9H17ClO/c1-7(2)5-9(3,4)6-8(10)11/h7H,5-6H2,1-4H3. The van der Waals surface area contributed by atoms with Gasteiger partial charge in [-0.05, 0) is 29.4 Å². The Hall–Kier alpha value is -0.0400. The summed E-state index contributed by atoms with van der Waals surface area (Å²) in [6.45, 7) is 8.46. The summed E-state index contributed by atoms with van der Waals surface area (Å²) in [7, 11) is 0. The number of hydrogen-bond acceptors (Lipinski definition) is 1. The molecule has 0 aliphatic rings. The van der Waals surface area contributed by atoms with Gasteiger partial charge in [0.15, 0.2) is 0 Å². The third kappa shape index (κ3) is 6.36. The van der Waals surface area contributed by atoms with Crippen molar-refractivity contribution in [3.05, 3.63) is 0 Å². The average molecular weight is 177 g/mol. The number of hydrogen-bond donors (Lipinski definition) is 0. The highest BCUT2D eigenvalue weighted by atomic mass is 35.5. The van der Waals surface area contributed by atoms with Crippen LogP contribution in [0.15, 0.2) is 0 Å². The number of rotatable bonds is 4. The molecule has 2 heteroatoms. The SMILES string of the molecule is CC(C)CC(C)(C)CC(=O)Cl. The molecule has 0 saturated carbocycles. The van der Waals surface area contributed by atoms with Crippen LogP contribution in [-0.4, -0.2) is 5.24 Å². The lowest BCUT2D eigenvalue weighted by molar-refractivity contribution is -0.113. The molecule has 0 radical (unpaired) electrons. The van der Waals surface area contributed by atoms with E-state index in [1.165, 1.54) is 0 Å². The van der Waals surface area contributed by atoms with Crippen molar-refractivity contribution >= 4 is 16.8 Å². The van der Waals surface area contributed by atoms with Crippen LogP contribution >= 0.6 is 11.6 Å². The third-order valence-electron chi connectivity index (χ3n) is 1.58. The van der Waals surface area contributed by atoms with Crippen LogP contribution in [0.3, 0.4) is 0 Å². The molecule has 0 aromatic rings. The van der Waals surface area contributed by atoms with Crippen molar-refractivity contribution < 1.29 is 4.79 Å². The lowest BCUT2D eigenvalue weighted by Gasteiger charge is -2.24. The smallest absolute Gasteiger partial charge is 0.222 e. The summed E-state index contributed by atoms with van der Waals surface area (Å²) in [5.41, 5.74) is 0.0625. The van der Waals surface area contributed by atoms with Crippen LogP contribution in [0.25, 0.3) is 0 Å². The van der Waals surface area contributed by atoms with Crippen LogP contribution in [0.4, 0.5) is 0 Å². The van der Waals surface area contributed by atoms with Crippen molar-refractivity contribution in [3.63, 3.8) is 0 Å². The minimum atomic E-state index is -0.226. The van der Waals surface area contributed by atoms with Gasteiger partial charge in [-0.1, -0.05) is 27.7 Å². The molecule has 0 rings (SSSR count). The predicted octanol–water partition coefficient (Wildman–Crippen LogP) is 3.21. The van der Waals surface area contributed by atoms with Crippen molar-refractivity contribution in [2.45, 2.75) is 40.5 Å². The molecule has 1 nitrogen and oxygen atoms in total. The molecule has 0 heterocycles. The maximum Gasteiger partial charge on any atom is 0.222 e. The molecule has 0 aromatic carbocycles. The Balaban J connectivity index is 3.89. The molecule has 0 fully saturated rings. The normalized spacial score (nSPS) is 12.2. The maximum absolute atomic E-state index is 10.6. The minimum absolute atomic E-state index is 0.0625. The number of carbonyl (C=O) groups is 1. The van der Waals surface area contributed by atoms with Gasteiger partial charge < -0.3 is 0 Å². The molecular formula is C9H17ClO. The first-order valence-electron chi connectivity index (χ1n) is 4.02. The van der Waals surface area contributed by atoms with E-state index in [-0.39, 0.29) is 10.7 Å². The van der Waals surface area contributed by atoms with E-state index in [4.69, 9.17) is 11.6 Å². The molecular weight excluding hydrogens is 160 g/mol. The van der Waals surface area contributed by atoms with Crippen LogP contribution in [0, 0.1) is 11.3 Å². The fraction of sp³-hybridized carbons (Fsp3) is 0.889. The van der Waals surface area contributed by atoms with Crippen LogP contribution in [-0.2, 0) is 4.79 Å². The number of carbonyl (C=O) groups excluding carboxylic acids is 1. The van der Waals surface area contributed by atoms with Crippen LogP contribution in [0.2, 0.25) is 0 Å². The summed E-state index contributed by atoms with van der Waals surface area (Å²) in [5, 5.41) is -0.226. The van der Waals surface area contributed by atoms with Crippen molar-refractivity contribution in [1.29, 1.82) is 0 Å². The maximum atomic E-state index is 10.6. The first-order chi connectivity index (χ1) is 4.83. The third-order valence-corrected chi connectivity index (χ3v) is 1.71. The van der Waals surface area contributed by atoms with E-state index >= 15 is 0 Å². The molecule has 0 N–H and O–H groups in total. The second-order valence-electron chi connectivity index (χ2n) is 4.29. The van der Waals surface area contributed by atoms with Gasteiger partial charge in [0.25, 0.3) is 0 Å². The summed E-state index contributed by atoms with van der Waals surface area (Å²) in [4.78, 5) is 10.6. The van der Waals surface area contributed by atoms with Crippen molar-refractivity contribution in [1.82, 2.24) is 0 Å². The lowest BCUT2D eigenvalue weighted by Crippen LogP contribution is -2.16. The van der Waals surface area contributed by atoms with Crippen LogP contribution in [0.1, 0.15) is 40.5 Å². The monoisotopic (exact) mass is 176 g/mol. The largest absolute Gasteiger partial charge is 0.281 e. The molecule has 0 bridgehead atoms. The van der Waals surface area contributed by atoms with Crippen LogP contribution in [0.5, 0.6) is 0 Å². The Kier molecular flexibility index (Phi) is 4.09. The zero-order valence-corrected chi connectivity index (χ0v) is 8.53. The molecule has 0 saturated heterocycles. The topological polar surface area (TPSA) is 17.1 Å². The Morgan fingerprint density at radius 1 is 1.45 bits per heavy atom. The van der Waals surface area contributed by atoms with Crippen molar-refractivity contribution in [2.24, 2.45) is 11.3 Å². The van der Waals surface area contributed by atoms with Crippen LogP contribution < -0.4 is 0 Å². The molecule has 0 unspecified atom stereocenters. The summed E-state index contributed by atoms with van der Waals surface area (Å²) in [5.74, 6) is 0.626. The molecule has 11 heavy (non-hydrogen) atoms. The molecule has 0 amide bonds. The fourth-order valence-electron chi connectivity index (χ4n) is 1.55. The van der Waals surface area contributed by atoms with Gasteiger partial charge in [0, 0.05) is 6.42 Å². The molecule has 0 aliphatic carbocycles. The molecule has 0 spiro atoms. The Labute approximate surface area is 74.1 Å². The van der Waals surface area contributed by atoms with Gasteiger partial charge >= 0.3 is 0 Å². The van der Waals surface area contributed by atoms with E-state index in [2.05, 4.69) is 27.7 Å². The van der Waals surface area contributed by atoms with E-state index < -0.39 is 0 Å². The Morgan fingerprint density at radius 2 is 1.91 bits per heavy atom. The summed E-state index contributed by atoms with van der Waals surface area (Å²) in [6, 6.07) is 0. The first-order valence-corrected chi connectivity index (χ1v) is 4.39. The van der Waals surface area contributed by atoms with Gasteiger partial charge in [-0.2, -0.15) is 0 Å². The Morgan fingerprint density at radius 3 is 2.18 bits per heavy atom.